The summed E-state index contributed by atoms with van der Waals surface area (Å²) in [4.78, 5) is 58.9. The molecule has 0 saturated carbocycles. The topological polar surface area (TPSA) is 203 Å². The Kier molecular flexibility index (Phi) is 24.9. The lowest BCUT2D eigenvalue weighted by atomic mass is 9.73. The van der Waals surface area contributed by atoms with Gasteiger partial charge in [-0.05, 0) is 156 Å². The smallest absolute Gasteiger partial charge is 0.204 e. The summed E-state index contributed by atoms with van der Waals surface area (Å²) in [6, 6.07) is 38.9. The zero-order chi connectivity index (χ0) is 58.2. The molecule has 7 aromatic rings. The largest absolute Gasteiger partial charge is 0.388 e. The van der Waals surface area contributed by atoms with E-state index in [4.69, 9.17) is 19.6 Å². The molecule has 5 aromatic carbocycles. The number of hydrogen-bond donors (Lipinski definition) is 4. The van der Waals surface area contributed by atoms with Gasteiger partial charge in [0.25, 0.3) is 0 Å². The van der Waals surface area contributed by atoms with Gasteiger partial charge in [-0.15, -0.1) is 0 Å². The van der Waals surface area contributed by atoms with Gasteiger partial charge in [0.15, 0.2) is 0 Å². The first-order valence-electron chi connectivity index (χ1n) is 27.6. The van der Waals surface area contributed by atoms with Gasteiger partial charge in [0.2, 0.25) is 12.8 Å². The fourth-order valence-electron chi connectivity index (χ4n) is 11.5. The molecule has 2 aliphatic heterocycles. The number of nitrogens with zero attached hydrogens (tertiary/aromatic N) is 4. The molecule has 0 spiro atoms. The monoisotopic (exact) mass is 1090 g/mol. The lowest BCUT2D eigenvalue weighted by Gasteiger charge is -2.30. The molecule has 2 saturated heterocycles. The van der Waals surface area contributed by atoms with Crippen LogP contribution in [0.4, 0.5) is 0 Å². The first-order valence-corrected chi connectivity index (χ1v) is 27.6. The molecule has 0 radical (unpaired) electrons. The quantitative estimate of drug-likeness (QED) is 0.0955. The van der Waals surface area contributed by atoms with Crippen molar-refractivity contribution in [2.75, 3.05) is 55.6 Å². The van der Waals surface area contributed by atoms with Crippen molar-refractivity contribution in [2.45, 2.75) is 115 Å². The Morgan fingerprint density at radius 3 is 1.14 bits per heavy atom. The number of amides is 2. The summed E-state index contributed by atoms with van der Waals surface area (Å²) >= 11 is 0. The zero-order valence-electron chi connectivity index (χ0n) is 48.9. The molecule has 11 rings (SSSR count). The summed E-state index contributed by atoms with van der Waals surface area (Å²) in [6.07, 6.45) is 16.9. The number of aromatic amines is 2. The van der Waals surface area contributed by atoms with E-state index in [2.05, 4.69) is 131 Å². The number of rotatable bonds is 10. The van der Waals surface area contributed by atoms with Crippen LogP contribution in [0.2, 0.25) is 0 Å². The van der Waals surface area contributed by atoms with Crippen LogP contribution >= 0.6 is 0 Å². The number of ether oxygens (including phenoxy) is 2. The number of carbonyl (C=O) groups excluding carboxylic acids is 4. The summed E-state index contributed by atoms with van der Waals surface area (Å²) in [7, 11) is 10.9. The minimum atomic E-state index is 0.116. The normalized spacial score (nSPS) is 17.0. The Morgan fingerprint density at radius 2 is 0.850 bits per heavy atom. The average Bonchev–Trinajstić information content (AvgIpc) is 4.44. The number of H-pyrrole nitrogens is 2. The van der Waals surface area contributed by atoms with Crippen LogP contribution in [0.15, 0.2) is 122 Å². The number of hydrogen-bond acceptors (Lipinski definition) is 10. The number of imidazole rings is 2. The van der Waals surface area contributed by atoms with Gasteiger partial charge in [-0.3, -0.25) is 19.4 Å². The van der Waals surface area contributed by atoms with Crippen molar-refractivity contribution in [3.8, 4) is 44.8 Å². The maximum Gasteiger partial charge on any atom is 0.204 e. The SMILES string of the molecule is CN1CCC[C@H]1c1ncc(-c2ccc(-c3c4c(c(-c5ccc(-c6cnc([C@@H]7CCCN7C)[nH]6)cc5)c5c3C(C)(C)CC5)C(C)(C)CC4)cc2)[nH]1.COC.COC.NC=O.NC=O.O=CCc1ccccc1.O=CCc1ccccc1. The maximum atomic E-state index is 9.97. The molecular formula is C66H86N8O6. The predicted molar refractivity (Wildman–Crippen MR) is 323 cm³/mol. The third-order valence-corrected chi connectivity index (χ3v) is 15.2. The lowest BCUT2D eigenvalue weighted by molar-refractivity contribution is -0.108. The fraction of sp³-hybridized carbons (Fsp3) is 0.394. The van der Waals surface area contributed by atoms with Crippen LogP contribution in [0, 0.1) is 0 Å². The van der Waals surface area contributed by atoms with Crippen molar-refractivity contribution in [2.24, 2.45) is 11.5 Å². The van der Waals surface area contributed by atoms with Crippen molar-refractivity contribution < 1.29 is 28.7 Å². The minimum Gasteiger partial charge on any atom is -0.388 e. The molecule has 0 bridgehead atoms. The summed E-state index contributed by atoms with van der Waals surface area (Å²) in [5.74, 6) is 2.19. The third-order valence-electron chi connectivity index (χ3n) is 15.2. The summed E-state index contributed by atoms with van der Waals surface area (Å²) in [5.41, 5.74) is 27.4. The molecule has 80 heavy (non-hydrogen) atoms. The molecule has 2 atom stereocenters. The molecule has 4 aliphatic rings. The molecular weight excluding hydrogens is 1000 g/mol. The summed E-state index contributed by atoms with van der Waals surface area (Å²) < 4.78 is 8.50. The average molecular weight is 1090 g/mol. The number of fused-ring (bicyclic) bond motifs is 2. The second kappa shape index (κ2) is 31.4. The predicted octanol–water partition coefficient (Wildman–Crippen LogP) is 11.4. The third kappa shape index (κ3) is 16.4. The van der Waals surface area contributed by atoms with E-state index >= 15 is 0 Å². The summed E-state index contributed by atoms with van der Waals surface area (Å²) in [5, 5.41) is 0. The van der Waals surface area contributed by atoms with Gasteiger partial charge >= 0.3 is 0 Å². The van der Waals surface area contributed by atoms with E-state index < -0.39 is 0 Å². The number of aromatic nitrogens is 4. The second-order valence-corrected chi connectivity index (χ2v) is 21.8. The number of methoxy groups -OCH3 is 2. The van der Waals surface area contributed by atoms with Crippen molar-refractivity contribution in [1.82, 2.24) is 29.7 Å². The lowest BCUT2D eigenvalue weighted by Crippen LogP contribution is -2.18. The number of likely N-dealkylation sites (tertiary alicyclic amines) is 2. The number of aldehydes is 2. The number of nitrogens with one attached hydrogen (secondary N) is 2. The van der Waals surface area contributed by atoms with Crippen LogP contribution in [0.3, 0.4) is 0 Å². The molecule has 2 fully saturated rings. The van der Waals surface area contributed by atoms with Crippen LogP contribution in [-0.2, 0) is 65.2 Å². The van der Waals surface area contributed by atoms with Crippen molar-refractivity contribution in [1.29, 1.82) is 0 Å². The Balaban J connectivity index is 0.000000321. The van der Waals surface area contributed by atoms with Crippen LogP contribution in [-0.4, -0.2) is 111 Å². The van der Waals surface area contributed by atoms with Gasteiger partial charge in [-0.25, -0.2) is 9.97 Å². The number of primary amides is 2. The maximum absolute atomic E-state index is 9.97. The Labute approximate surface area is 475 Å². The van der Waals surface area contributed by atoms with Crippen molar-refractivity contribution in [3.63, 3.8) is 0 Å². The van der Waals surface area contributed by atoms with Gasteiger partial charge in [-0.1, -0.05) is 137 Å². The van der Waals surface area contributed by atoms with E-state index in [0.717, 1.165) is 72.7 Å². The van der Waals surface area contributed by atoms with Gasteiger partial charge in [0.1, 0.15) is 24.2 Å². The molecule has 2 aliphatic carbocycles. The van der Waals surface area contributed by atoms with Crippen LogP contribution in [0.5, 0.6) is 0 Å². The zero-order valence-corrected chi connectivity index (χ0v) is 48.9. The van der Waals surface area contributed by atoms with Crippen molar-refractivity contribution in [3.05, 3.63) is 167 Å². The number of nitrogens with two attached hydrogens (primary N) is 2. The van der Waals surface area contributed by atoms with Gasteiger partial charge < -0.3 is 40.5 Å². The molecule has 14 nitrogen and oxygen atoms in total. The Hall–Kier alpha value is -7.36. The first kappa shape index (κ1) is 63.5. The van der Waals surface area contributed by atoms with Crippen LogP contribution < -0.4 is 11.5 Å². The van der Waals surface area contributed by atoms with E-state index in [0.29, 0.717) is 24.9 Å². The van der Waals surface area contributed by atoms with E-state index in [1.165, 1.54) is 71.9 Å². The van der Waals surface area contributed by atoms with Crippen LogP contribution in [0.25, 0.3) is 44.8 Å². The molecule has 2 aromatic heterocycles. The first-order chi connectivity index (χ1) is 38.6. The highest BCUT2D eigenvalue weighted by Crippen LogP contribution is 2.56. The number of carbonyl (C=O) groups is 4. The summed E-state index contributed by atoms with van der Waals surface area (Å²) in [6.45, 7) is 12.2. The Bertz CT molecular complexity index is 2790. The highest BCUT2D eigenvalue weighted by atomic mass is 16.5. The van der Waals surface area contributed by atoms with E-state index in [9.17, 15) is 9.59 Å². The molecule has 0 unspecified atom stereocenters. The minimum absolute atomic E-state index is 0.116. The molecule has 4 heterocycles. The van der Waals surface area contributed by atoms with Crippen LogP contribution in [0.1, 0.15) is 123 Å². The Morgan fingerprint density at radius 1 is 0.537 bits per heavy atom. The highest BCUT2D eigenvalue weighted by Gasteiger charge is 2.43. The molecule has 6 N–H and O–H groups in total. The van der Waals surface area contributed by atoms with Gasteiger partial charge in [0, 0.05) is 41.3 Å². The fourth-order valence-corrected chi connectivity index (χ4v) is 11.5. The van der Waals surface area contributed by atoms with Crippen molar-refractivity contribution >= 4 is 25.4 Å². The molecule has 14 heteroatoms. The van der Waals surface area contributed by atoms with E-state index in [1.54, 1.807) is 50.7 Å². The number of benzene rings is 5. The van der Waals surface area contributed by atoms with E-state index in [1.807, 2.05) is 73.1 Å². The molecule has 2 amide bonds. The van der Waals surface area contributed by atoms with Gasteiger partial charge in [-0.2, -0.15) is 0 Å². The second-order valence-electron chi connectivity index (χ2n) is 21.8. The van der Waals surface area contributed by atoms with E-state index in [-0.39, 0.29) is 23.7 Å². The molecule has 426 valence electrons. The van der Waals surface area contributed by atoms with Gasteiger partial charge in [0.05, 0.1) is 35.9 Å². The highest BCUT2D eigenvalue weighted by molar-refractivity contribution is 5.88. The standard InChI is InChI=1S/C44H52N6.2C8H8O.2C2H6O.2CH3NO/c1-43(2)21-19-31-38(30-17-13-28(14-18-30)34-26-46-42(48-34)36-10-8-24-50(36)6)40-32(20-22-44(40,3)4)37(39(31)43)29-15-11-27(12-16-29)33-25-45-41(47-33)35-9-7-23-49(35)5;2*9-7-6-8-4-2-1-3-5-8;2*1-3-2;2*2-1-3/h11-18,25-26,35-36H,7-10,19-24H2,1-6H3,(H,45,47)(H,46,48);2*1-5,7H,6H2;2*1-2H3;2*1H,(H2,2,3)/t35-,36-;;;;;;/m0....../s1.